The van der Waals surface area contributed by atoms with Gasteiger partial charge < -0.3 is 28.9 Å². The average Bonchev–Trinajstić information content (AvgIpc) is 3.60. The summed E-state index contributed by atoms with van der Waals surface area (Å²) in [6.45, 7) is 3.93. The summed E-state index contributed by atoms with van der Waals surface area (Å²) in [7, 11) is 2.07. The molecule has 4 aliphatic rings. The summed E-state index contributed by atoms with van der Waals surface area (Å²) in [6, 6.07) is 19.2. The van der Waals surface area contributed by atoms with E-state index < -0.39 is 5.41 Å². The third-order valence-electron chi connectivity index (χ3n) is 7.95. The van der Waals surface area contributed by atoms with Crippen LogP contribution >= 0.6 is 0 Å². The molecule has 4 heterocycles. The number of rotatable bonds is 3. The van der Waals surface area contributed by atoms with Gasteiger partial charge in [-0.3, -0.25) is 9.59 Å². The second kappa shape index (κ2) is 8.24. The molecule has 4 aliphatic heterocycles. The van der Waals surface area contributed by atoms with Crippen LogP contribution < -0.4 is 19.1 Å². The number of carbonyl (C=O) groups is 2. The summed E-state index contributed by atoms with van der Waals surface area (Å²) in [6.07, 6.45) is 0. The monoisotopic (exact) mass is 497 g/mol. The Morgan fingerprint density at radius 3 is 2.49 bits per heavy atom. The van der Waals surface area contributed by atoms with E-state index in [9.17, 15) is 9.59 Å². The van der Waals surface area contributed by atoms with Gasteiger partial charge in [-0.1, -0.05) is 30.3 Å². The molecule has 2 amide bonds. The zero-order valence-corrected chi connectivity index (χ0v) is 20.6. The molecule has 1 unspecified atom stereocenters. The SMILES string of the molecule is CN1CCN(C(=O)c2cccc(CN3C(=O)C4(COc5cc6c(cc54)OCO6)c4ccccc43)c2)CC1. The predicted molar refractivity (Wildman–Crippen MR) is 136 cm³/mol. The molecule has 0 radical (unpaired) electrons. The maximum atomic E-state index is 14.2. The van der Waals surface area contributed by atoms with Gasteiger partial charge in [0, 0.05) is 49.1 Å². The minimum atomic E-state index is -0.944. The fraction of sp³-hybridized carbons (Fsp3) is 0.310. The Morgan fingerprint density at radius 2 is 1.65 bits per heavy atom. The Hall–Kier alpha value is -4.04. The topological polar surface area (TPSA) is 71.6 Å². The van der Waals surface area contributed by atoms with Crippen molar-refractivity contribution in [2.24, 2.45) is 0 Å². The van der Waals surface area contributed by atoms with E-state index in [0.717, 1.165) is 48.6 Å². The minimum Gasteiger partial charge on any atom is -0.491 e. The van der Waals surface area contributed by atoms with Gasteiger partial charge in [0.05, 0.1) is 6.54 Å². The lowest BCUT2D eigenvalue weighted by Crippen LogP contribution is -2.47. The quantitative estimate of drug-likeness (QED) is 0.554. The van der Waals surface area contributed by atoms with Gasteiger partial charge in [0.1, 0.15) is 17.8 Å². The van der Waals surface area contributed by atoms with E-state index in [1.807, 2.05) is 70.5 Å². The van der Waals surface area contributed by atoms with E-state index in [0.29, 0.717) is 29.4 Å². The first-order valence-corrected chi connectivity index (χ1v) is 12.6. The van der Waals surface area contributed by atoms with Crippen molar-refractivity contribution >= 4 is 17.5 Å². The fourth-order valence-corrected chi connectivity index (χ4v) is 5.90. The number of hydrogen-bond donors (Lipinski definition) is 0. The molecule has 8 nitrogen and oxygen atoms in total. The molecule has 0 bridgehead atoms. The van der Waals surface area contributed by atoms with Gasteiger partial charge in [0.15, 0.2) is 11.5 Å². The number of carbonyl (C=O) groups excluding carboxylic acids is 2. The highest BCUT2D eigenvalue weighted by molar-refractivity contribution is 6.11. The smallest absolute Gasteiger partial charge is 0.253 e. The van der Waals surface area contributed by atoms with E-state index in [2.05, 4.69) is 11.9 Å². The molecule has 37 heavy (non-hydrogen) atoms. The summed E-state index contributed by atoms with van der Waals surface area (Å²) in [5, 5.41) is 0. The number of hydrogen-bond acceptors (Lipinski definition) is 6. The van der Waals surface area contributed by atoms with E-state index in [-0.39, 0.29) is 25.2 Å². The second-order valence-corrected chi connectivity index (χ2v) is 10.1. The Bertz CT molecular complexity index is 1430. The number of benzene rings is 3. The molecule has 7 rings (SSSR count). The van der Waals surface area contributed by atoms with Gasteiger partial charge in [0.25, 0.3) is 5.91 Å². The second-order valence-electron chi connectivity index (χ2n) is 10.1. The molecule has 0 N–H and O–H groups in total. The molecule has 1 atom stereocenters. The van der Waals surface area contributed by atoms with Crippen LogP contribution in [0.1, 0.15) is 27.0 Å². The largest absolute Gasteiger partial charge is 0.491 e. The van der Waals surface area contributed by atoms with Gasteiger partial charge in [-0.25, -0.2) is 0 Å². The molecular weight excluding hydrogens is 470 g/mol. The van der Waals surface area contributed by atoms with Gasteiger partial charge >= 0.3 is 0 Å². The van der Waals surface area contributed by atoms with Gasteiger partial charge in [-0.15, -0.1) is 0 Å². The van der Waals surface area contributed by atoms with Gasteiger partial charge in [0.2, 0.25) is 12.7 Å². The van der Waals surface area contributed by atoms with E-state index in [1.165, 1.54) is 0 Å². The molecule has 1 fully saturated rings. The molecule has 8 heteroatoms. The van der Waals surface area contributed by atoms with Crippen molar-refractivity contribution in [1.29, 1.82) is 0 Å². The molecule has 3 aromatic rings. The molecule has 0 aromatic heterocycles. The van der Waals surface area contributed by atoms with Crippen LogP contribution in [-0.4, -0.2) is 68.2 Å². The number of fused-ring (bicyclic) bond motifs is 5. The van der Waals surface area contributed by atoms with E-state index in [4.69, 9.17) is 14.2 Å². The van der Waals surface area contributed by atoms with E-state index >= 15 is 0 Å². The molecular formula is C29H27N3O5. The Kier molecular flexibility index (Phi) is 4.94. The predicted octanol–water partition coefficient (Wildman–Crippen LogP) is 3.03. The summed E-state index contributed by atoms with van der Waals surface area (Å²) in [4.78, 5) is 33.4. The normalized spacial score (nSPS) is 21.8. The highest BCUT2D eigenvalue weighted by Gasteiger charge is 2.57. The molecule has 0 aliphatic carbocycles. The van der Waals surface area contributed by atoms with Crippen molar-refractivity contribution in [2.75, 3.05) is 51.5 Å². The van der Waals surface area contributed by atoms with Gasteiger partial charge in [-0.05, 0) is 42.4 Å². The van der Waals surface area contributed by atoms with Gasteiger partial charge in [-0.2, -0.15) is 0 Å². The number of amides is 2. The Labute approximate surface area is 214 Å². The van der Waals surface area contributed by atoms with Crippen molar-refractivity contribution in [1.82, 2.24) is 9.80 Å². The fourth-order valence-electron chi connectivity index (χ4n) is 5.90. The van der Waals surface area contributed by atoms with Crippen LogP contribution in [0.3, 0.4) is 0 Å². The number of anilines is 1. The van der Waals surface area contributed by atoms with Crippen LogP contribution in [0.4, 0.5) is 5.69 Å². The maximum absolute atomic E-state index is 14.2. The number of likely N-dealkylation sites (N-methyl/N-ethyl adjacent to an activating group) is 1. The first-order valence-electron chi connectivity index (χ1n) is 12.6. The Morgan fingerprint density at radius 1 is 0.865 bits per heavy atom. The van der Waals surface area contributed by atoms with Crippen molar-refractivity contribution in [2.45, 2.75) is 12.0 Å². The first kappa shape index (κ1) is 22.2. The molecule has 3 aromatic carbocycles. The zero-order chi connectivity index (χ0) is 25.1. The summed E-state index contributed by atoms with van der Waals surface area (Å²) in [5.41, 5.74) is 3.19. The van der Waals surface area contributed by atoms with Crippen LogP contribution in [0.15, 0.2) is 60.7 Å². The number of ether oxygens (including phenoxy) is 3. The molecule has 0 saturated carbocycles. The molecule has 188 valence electrons. The summed E-state index contributed by atoms with van der Waals surface area (Å²) < 4.78 is 17.2. The Balaban J connectivity index is 1.22. The van der Waals surface area contributed by atoms with Crippen LogP contribution in [0, 0.1) is 0 Å². The molecule has 1 spiro atoms. The van der Waals surface area contributed by atoms with Crippen molar-refractivity contribution < 1.29 is 23.8 Å². The number of nitrogens with zero attached hydrogens (tertiary/aromatic N) is 3. The standard InChI is InChI=1S/C29H27N3O5/c1-30-9-11-31(12-10-30)27(33)20-6-4-5-19(13-20)16-32-23-8-3-2-7-21(23)29(28(32)34)17-35-24-15-26-25(14-22(24)29)36-18-37-26/h2-8,13-15H,9-12,16-18H2,1H3. The highest BCUT2D eigenvalue weighted by Crippen LogP contribution is 2.55. The number of piperazine rings is 1. The first-order chi connectivity index (χ1) is 18.0. The van der Waals surface area contributed by atoms with Crippen molar-refractivity contribution in [3.05, 3.63) is 82.9 Å². The molecule has 1 saturated heterocycles. The van der Waals surface area contributed by atoms with Crippen LogP contribution in [0.5, 0.6) is 17.2 Å². The summed E-state index contributed by atoms with van der Waals surface area (Å²) >= 11 is 0. The van der Waals surface area contributed by atoms with Crippen molar-refractivity contribution in [3.8, 4) is 17.2 Å². The van der Waals surface area contributed by atoms with Crippen LogP contribution in [0.2, 0.25) is 0 Å². The third-order valence-corrected chi connectivity index (χ3v) is 7.95. The highest BCUT2D eigenvalue weighted by atomic mass is 16.7. The lowest BCUT2D eigenvalue weighted by Gasteiger charge is -2.32. The lowest BCUT2D eigenvalue weighted by molar-refractivity contribution is -0.122. The van der Waals surface area contributed by atoms with Crippen molar-refractivity contribution in [3.63, 3.8) is 0 Å². The van der Waals surface area contributed by atoms with E-state index in [1.54, 1.807) is 0 Å². The maximum Gasteiger partial charge on any atom is 0.253 e. The third kappa shape index (κ3) is 3.32. The minimum absolute atomic E-state index is 0.0359. The van der Waals surface area contributed by atoms with Crippen LogP contribution in [-0.2, 0) is 16.8 Å². The average molecular weight is 498 g/mol. The summed E-state index contributed by atoms with van der Waals surface area (Å²) in [5.74, 6) is 1.90. The zero-order valence-electron chi connectivity index (χ0n) is 20.6. The lowest BCUT2D eigenvalue weighted by atomic mass is 9.77. The number of para-hydroxylation sites is 1. The van der Waals surface area contributed by atoms with Crippen LogP contribution in [0.25, 0.3) is 0 Å².